The fourth-order valence-electron chi connectivity index (χ4n) is 1.36. The standard InChI is InChI=1S/C13H18ClFN2O/c1-8(2)7-16-13(18)9(3)17-10-4-5-11(14)12(15)6-10/h4-6,8-9,17H,7H2,1-3H3,(H,16,18). The number of benzene rings is 1. The highest BCUT2D eigenvalue weighted by atomic mass is 35.5. The minimum atomic E-state index is -0.503. The lowest BCUT2D eigenvalue weighted by atomic mass is 10.2. The molecule has 1 amide bonds. The normalized spacial score (nSPS) is 12.3. The number of amides is 1. The summed E-state index contributed by atoms with van der Waals surface area (Å²) in [6, 6.07) is 3.94. The molecule has 1 aromatic rings. The van der Waals surface area contributed by atoms with Crippen LogP contribution in [0.1, 0.15) is 20.8 Å². The SMILES string of the molecule is CC(C)CNC(=O)C(C)Nc1ccc(Cl)c(F)c1. The van der Waals surface area contributed by atoms with Gasteiger partial charge in [-0.25, -0.2) is 4.39 Å². The Morgan fingerprint density at radius 1 is 1.39 bits per heavy atom. The average Bonchev–Trinajstić information content (AvgIpc) is 2.30. The zero-order chi connectivity index (χ0) is 13.7. The molecule has 0 fully saturated rings. The predicted octanol–water partition coefficient (Wildman–Crippen LogP) is 3.05. The van der Waals surface area contributed by atoms with Gasteiger partial charge in [0.15, 0.2) is 0 Å². The Morgan fingerprint density at radius 2 is 2.06 bits per heavy atom. The molecule has 2 N–H and O–H groups in total. The Morgan fingerprint density at radius 3 is 2.61 bits per heavy atom. The lowest BCUT2D eigenvalue weighted by Crippen LogP contribution is -2.39. The van der Waals surface area contributed by atoms with E-state index in [1.165, 1.54) is 12.1 Å². The highest BCUT2D eigenvalue weighted by Crippen LogP contribution is 2.19. The van der Waals surface area contributed by atoms with Crippen LogP contribution in [0.2, 0.25) is 5.02 Å². The van der Waals surface area contributed by atoms with Crippen LogP contribution < -0.4 is 10.6 Å². The summed E-state index contributed by atoms with van der Waals surface area (Å²) in [5.74, 6) is -0.218. The molecule has 1 unspecified atom stereocenters. The van der Waals surface area contributed by atoms with E-state index in [4.69, 9.17) is 11.6 Å². The van der Waals surface area contributed by atoms with Gasteiger partial charge in [0.05, 0.1) is 5.02 Å². The summed E-state index contributed by atoms with van der Waals surface area (Å²) in [7, 11) is 0. The molecule has 1 rings (SSSR count). The summed E-state index contributed by atoms with van der Waals surface area (Å²) in [5.41, 5.74) is 0.532. The Kier molecular flexibility index (Phi) is 5.41. The molecule has 3 nitrogen and oxygen atoms in total. The van der Waals surface area contributed by atoms with Crippen LogP contribution in [-0.2, 0) is 4.79 Å². The van der Waals surface area contributed by atoms with Crippen LogP contribution >= 0.6 is 11.6 Å². The average molecular weight is 273 g/mol. The topological polar surface area (TPSA) is 41.1 Å². The molecule has 100 valence electrons. The monoisotopic (exact) mass is 272 g/mol. The minimum absolute atomic E-state index is 0.0671. The van der Waals surface area contributed by atoms with Gasteiger partial charge in [-0.15, -0.1) is 0 Å². The number of rotatable bonds is 5. The van der Waals surface area contributed by atoms with Gasteiger partial charge >= 0.3 is 0 Å². The van der Waals surface area contributed by atoms with Gasteiger partial charge in [-0.3, -0.25) is 4.79 Å². The van der Waals surface area contributed by atoms with Gasteiger partial charge in [0.25, 0.3) is 0 Å². The molecule has 18 heavy (non-hydrogen) atoms. The van der Waals surface area contributed by atoms with Crippen molar-refractivity contribution in [1.29, 1.82) is 0 Å². The Hall–Kier alpha value is -1.29. The number of nitrogens with one attached hydrogen (secondary N) is 2. The van der Waals surface area contributed by atoms with E-state index in [0.29, 0.717) is 18.2 Å². The molecule has 0 bridgehead atoms. The van der Waals surface area contributed by atoms with Crippen molar-refractivity contribution in [3.63, 3.8) is 0 Å². The molecule has 0 aliphatic rings. The summed E-state index contributed by atoms with van der Waals surface area (Å²) >= 11 is 5.58. The first-order chi connectivity index (χ1) is 8.40. The molecule has 0 spiro atoms. The van der Waals surface area contributed by atoms with Crippen LogP contribution in [0, 0.1) is 11.7 Å². The molecule has 0 aromatic heterocycles. The smallest absolute Gasteiger partial charge is 0.242 e. The van der Waals surface area contributed by atoms with Crippen LogP contribution in [0.3, 0.4) is 0 Å². The molecule has 1 aromatic carbocycles. The van der Waals surface area contributed by atoms with Crippen molar-refractivity contribution in [2.24, 2.45) is 5.92 Å². The first-order valence-corrected chi connectivity index (χ1v) is 6.27. The number of carbonyl (C=O) groups excluding carboxylic acids is 1. The van der Waals surface area contributed by atoms with Gasteiger partial charge < -0.3 is 10.6 Å². The lowest BCUT2D eigenvalue weighted by molar-refractivity contribution is -0.121. The van der Waals surface area contributed by atoms with Crippen molar-refractivity contribution < 1.29 is 9.18 Å². The van der Waals surface area contributed by atoms with Crippen molar-refractivity contribution in [3.05, 3.63) is 29.0 Å². The second-order valence-corrected chi connectivity index (χ2v) is 5.04. The Labute approximate surface area is 112 Å². The number of hydrogen-bond acceptors (Lipinski definition) is 2. The fraction of sp³-hybridized carbons (Fsp3) is 0.462. The third-order valence-corrected chi connectivity index (χ3v) is 2.69. The minimum Gasteiger partial charge on any atom is -0.374 e. The molecule has 0 saturated carbocycles. The van der Waals surface area contributed by atoms with Crippen molar-refractivity contribution in [1.82, 2.24) is 5.32 Å². The maximum atomic E-state index is 13.2. The number of anilines is 1. The maximum Gasteiger partial charge on any atom is 0.242 e. The van der Waals surface area contributed by atoms with E-state index in [-0.39, 0.29) is 10.9 Å². The molecular weight excluding hydrogens is 255 g/mol. The summed E-state index contributed by atoms with van der Waals surface area (Å²) in [6.07, 6.45) is 0. The molecule has 0 aliphatic heterocycles. The molecule has 0 radical (unpaired) electrons. The maximum absolute atomic E-state index is 13.2. The van der Waals surface area contributed by atoms with E-state index in [0.717, 1.165) is 0 Å². The van der Waals surface area contributed by atoms with E-state index >= 15 is 0 Å². The van der Waals surface area contributed by atoms with Gasteiger partial charge in [-0.2, -0.15) is 0 Å². The second kappa shape index (κ2) is 6.59. The van der Waals surface area contributed by atoms with Crippen LogP contribution in [0.5, 0.6) is 0 Å². The van der Waals surface area contributed by atoms with Crippen LogP contribution in [-0.4, -0.2) is 18.5 Å². The summed E-state index contributed by atoms with van der Waals surface area (Å²) in [5, 5.41) is 5.80. The van der Waals surface area contributed by atoms with E-state index in [1.807, 2.05) is 13.8 Å². The molecular formula is C13H18ClFN2O. The van der Waals surface area contributed by atoms with E-state index in [1.54, 1.807) is 13.0 Å². The van der Waals surface area contributed by atoms with Crippen LogP contribution in [0.15, 0.2) is 18.2 Å². The zero-order valence-electron chi connectivity index (χ0n) is 10.8. The van der Waals surface area contributed by atoms with Crippen molar-refractivity contribution in [3.8, 4) is 0 Å². The molecule has 1 atom stereocenters. The van der Waals surface area contributed by atoms with Gasteiger partial charge in [0.2, 0.25) is 5.91 Å². The van der Waals surface area contributed by atoms with E-state index in [2.05, 4.69) is 10.6 Å². The largest absolute Gasteiger partial charge is 0.374 e. The number of halogens is 2. The summed E-state index contributed by atoms with van der Waals surface area (Å²) in [6.45, 7) is 6.39. The van der Waals surface area contributed by atoms with Crippen molar-refractivity contribution in [2.75, 3.05) is 11.9 Å². The quantitative estimate of drug-likeness (QED) is 0.865. The first kappa shape index (κ1) is 14.8. The predicted molar refractivity (Wildman–Crippen MR) is 72.3 cm³/mol. The highest BCUT2D eigenvalue weighted by Gasteiger charge is 2.13. The number of carbonyl (C=O) groups is 1. The lowest BCUT2D eigenvalue weighted by Gasteiger charge is -2.16. The van der Waals surface area contributed by atoms with Crippen LogP contribution in [0.4, 0.5) is 10.1 Å². The highest BCUT2D eigenvalue weighted by molar-refractivity contribution is 6.30. The summed E-state index contributed by atoms with van der Waals surface area (Å²) in [4.78, 5) is 11.7. The fourth-order valence-corrected chi connectivity index (χ4v) is 1.48. The van der Waals surface area contributed by atoms with Gasteiger partial charge in [0.1, 0.15) is 11.9 Å². The zero-order valence-corrected chi connectivity index (χ0v) is 11.5. The van der Waals surface area contributed by atoms with Gasteiger partial charge in [-0.05, 0) is 31.0 Å². The molecule has 0 aliphatic carbocycles. The summed E-state index contributed by atoms with van der Waals surface area (Å²) < 4.78 is 13.2. The Balaban J connectivity index is 2.55. The third-order valence-electron chi connectivity index (χ3n) is 2.38. The van der Waals surface area contributed by atoms with Gasteiger partial charge in [-0.1, -0.05) is 25.4 Å². The second-order valence-electron chi connectivity index (χ2n) is 4.63. The Bertz CT molecular complexity index is 423. The molecule has 0 saturated heterocycles. The van der Waals surface area contributed by atoms with Crippen LogP contribution in [0.25, 0.3) is 0 Å². The van der Waals surface area contributed by atoms with Gasteiger partial charge in [0, 0.05) is 12.2 Å². The van der Waals surface area contributed by atoms with E-state index in [9.17, 15) is 9.18 Å². The van der Waals surface area contributed by atoms with Crippen molar-refractivity contribution >= 4 is 23.2 Å². The van der Waals surface area contributed by atoms with Crippen molar-refractivity contribution in [2.45, 2.75) is 26.8 Å². The van der Waals surface area contributed by atoms with E-state index < -0.39 is 11.9 Å². The molecule has 5 heteroatoms. The number of hydrogen-bond donors (Lipinski definition) is 2. The first-order valence-electron chi connectivity index (χ1n) is 5.89. The third kappa shape index (κ3) is 4.53. The molecule has 0 heterocycles.